The maximum atomic E-state index is 11.8. The minimum Gasteiger partial charge on any atom is -0.481 e. The summed E-state index contributed by atoms with van der Waals surface area (Å²) >= 11 is 0. The maximum Gasteiger partial charge on any atom is 0.315 e. The van der Waals surface area contributed by atoms with Crippen LogP contribution in [0.5, 0.6) is 0 Å². The van der Waals surface area contributed by atoms with Crippen molar-refractivity contribution in [2.45, 2.75) is 45.2 Å². The van der Waals surface area contributed by atoms with Gasteiger partial charge < -0.3 is 20.5 Å². The summed E-state index contributed by atoms with van der Waals surface area (Å²) in [5.74, 6) is -0.355. The van der Waals surface area contributed by atoms with E-state index in [-0.39, 0.29) is 25.3 Å². The average Bonchev–Trinajstić information content (AvgIpc) is 2.94. The standard InChI is InChI=1S/C13H22N2O4/c1-3-4-8-5-9(8)14-12(18)15-10-6-19-7-13(10,2)11(16)17/h8-10H,3-7H2,1-2H3,(H,16,17)(H2,14,15,18). The van der Waals surface area contributed by atoms with Crippen molar-refractivity contribution in [2.24, 2.45) is 11.3 Å². The van der Waals surface area contributed by atoms with Gasteiger partial charge in [0.15, 0.2) is 0 Å². The number of carbonyl (C=O) groups excluding carboxylic acids is 1. The zero-order valence-corrected chi connectivity index (χ0v) is 11.4. The SMILES string of the molecule is CCCC1CC1NC(=O)NC1COCC1(C)C(=O)O. The van der Waals surface area contributed by atoms with Gasteiger partial charge in [-0.2, -0.15) is 0 Å². The van der Waals surface area contributed by atoms with Crippen molar-refractivity contribution in [3.8, 4) is 0 Å². The van der Waals surface area contributed by atoms with Gasteiger partial charge >= 0.3 is 12.0 Å². The highest BCUT2D eigenvalue weighted by atomic mass is 16.5. The number of hydrogen-bond donors (Lipinski definition) is 3. The number of ether oxygens (including phenoxy) is 1. The fraction of sp³-hybridized carbons (Fsp3) is 0.846. The molecule has 2 rings (SSSR count). The second-order valence-electron chi connectivity index (χ2n) is 5.80. The molecule has 6 nitrogen and oxygen atoms in total. The second kappa shape index (κ2) is 5.36. The molecule has 1 aliphatic heterocycles. The fourth-order valence-corrected chi connectivity index (χ4v) is 2.57. The van der Waals surface area contributed by atoms with Crippen LogP contribution >= 0.6 is 0 Å². The van der Waals surface area contributed by atoms with E-state index in [1.165, 1.54) is 0 Å². The molecule has 2 amide bonds. The molecule has 3 N–H and O–H groups in total. The molecule has 2 aliphatic rings. The monoisotopic (exact) mass is 270 g/mol. The molecule has 6 heteroatoms. The quantitative estimate of drug-likeness (QED) is 0.694. The highest BCUT2D eigenvalue weighted by molar-refractivity contribution is 5.79. The Kier molecular flexibility index (Phi) is 3.99. The average molecular weight is 270 g/mol. The summed E-state index contributed by atoms with van der Waals surface area (Å²) in [5, 5.41) is 14.8. The van der Waals surface area contributed by atoms with Gasteiger partial charge in [0.05, 0.1) is 19.3 Å². The first kappa shape index (κ1) is 14.1. The van der Waals surface area contributed by atoms with Crippen LogP contribution in [0, 0.1) is 11.3 Å². The zero-order chi connectivity index (χ0) is 14.0. The molecule has 4 atom stereocenters. The Balaban J connectivity index is 1.81. The lowest BCUT2D eigenvalue weighted by Gasteiger charge is -2.25. The Morgan fingerprint density at radius 3 is 2.79 bits per heavy atom. The van der Waals surface area contributed by atoms with Crippen molar-refractivity contribution in [1.29, 1.82) is 0 Å². The summed E-state index contributed by atoms with van der Waals surface area (Å²) in [5.41, 5.74) is -1.04. The van der Waals surface area contributed by atoms with Crippen LogP contribution in [0.4, 0.5) is 4.79 Å². The van der Waals surface area contributed by atoms with Gasteiger partial charge in [0.1, 0.15) is 5.41 Å². The van der Waals surface area contributed by atoms with Crippen molar-refractivity contribution >= 4 is 12.0 Å². The summed E-state index contributed by atoms with van der Waals surface area (Å²) in [7, 11) is 0. The highest BCUT2D eigenvalue weighted by Crippen LogP contribution is 2.34. The molecule has 0 bridgehead atoms. The Morgan fingerprint density at radius 1 is 1.42 bits per heavy atom. The van der Waals surface area contributed by atoms with Gasteiger partial charge in [-0.15, -0.1) is 0 Å². The van der Waals surface area contributed by atoms with Gasteiger partial charge in [-0.05, 0) is 25.7 Å². The van der Waals surface area contributed by atoms with E-state index < -0.39 is 17.4 Å². The van der Waals surface area contributed by atoms with Crippen LogP contribution in [0.1, 0.15) is 33.1 Å². The molecule has 1 heterocycles. The zero-order valence-electron chi connectivity index (χ0n) is 11.4. The normalized spacial score (nSPS) is 36.8. The maximum absolute atomic E-state index is 11.8. The van der Waals surface area contributed by atoms with Crippen LogP contribution in [0.15, 0.2) is 0 Å². The summed E-state index contributed by atoms with van der Waals surface area (Å²) in [6.45, 7) is 4.11. The van der Waals surface area contributed by atoms with Crippen LogP contribution in [0.25, 0.3) is 0 Å². The topological polar surface area (TPSA) is 87.7 Å². The van der Waals surface area contributed by atoms with Gasteiger partial charge in [-0.25, -0.2) is 4.79 Å². The molecule has 108 valence electrons. The van der Waals surface area contributed by atoms with Crippen LogP contribution in [0.2, 0.25) is 0 Å². The molecular weight excluding hydrogens is 248 g/mol. The van der Waals surface area contributed by atoms with Crippen molar-refractivity contribution in [1.82, 2.24) is 10.6 Å². The van der Waals surface area contributed by atoms with Gasteiger partial charge in [0, 0.05) is 6.04 Å². The van der Waals surface area contributed by atoms with Gasteiger partial charge in [0.2, 0.25) is 0 Å². The van der Waals surface area contributed by atoms with Gasteiger partial charge in [-0.1, -0.05) is 13.3 Å². The molecule has 4 unspecified atom stereocenters. The van der Waals surface area contributed by atoms with E-state index in [0.717, 1.165) is 19.3 Å². The van der Waals surface area contributed by atoms with Crippen LogP contribution in [-0.2, 0) is 9.53 Å². The molecule has 0 aromatic carbocycles. The molecule has 0 aromatic heterocycles. The summed E-state index contributed by atoms with van der Waals surface area (Å²) in [6.07, 6.45) is 3.28. The largest absolute Gasteiger partial charge is 0.481 e. The number of amides is 2. The van der Waals surface area contributed by atoms with E-state index in [2.05, 4.69) is 17.6 Å². The first-order chi connectivity index (χ1) is 8.97. The van der Waals surface area contributed by atoms with E-state index in [4.69, 9.17) is 4.74 Å². The van der Waals surface area contributed by atoms with E-state index in [0.29, 0.717) is 5.92 Å². The number of carboxylic acids is 1. The van der Waals surface area contributed by atoms with E-state index in [1.54, 1.807) is 6.92 Å². The molecule has 1 aliphatic carbocycles. The highest BCUT2D eigenvalue weighted by Gasteiger charge is 2.48. The summed E-state index contributed by atoms with van der Waals surface area (Å²) < 4.78 is 5.19. The lowest BCUT2D eigenvalue weighted by atomic mass is 9.85. The molecule has 0 spiro atoms. The molecule has 0 radical (unpaired) electrons. The van der Waals surface area contributed by atoms with Crippen molar-refractivity contribution in [3.63, 3.8) is 0 Å². The molecule has 1 saturated heterocycles. The Hall–Kier alpha value is -1.30. The second-order valence-corrected chi connectivity index (χ2v) is 5.80. The number of rotatable bonds is 5. The Morgan fingerprint density at radius 2 is 2.16 bits per heavy atom. The Bertz CT molecular complexity index is 374. The predicted molar refractivity (Wildman–Crippen MR) is 68.8 cm³/mol. The summed E-state index contributed by atoms with van der Waals surface area (Å²) in [4.78, 5) is 23.1. The van der Waals surface area contributed by atoms with Gasteiger partial charge in [-0.3, -0.25) is 4.79 Å². The number of hydrogen-bond acceptors (Lipinski definition) is 3. The van der Waals surface area contributed by atoms with Crippen LogP contribution in [-0.4, -0.2) is 42.4 Å². The smallest absolute Gasteiger partial charge is 0.315 e. The van der Waals surface area contributed by atoms with Crippen molar-refractivity contribution in [3.05, 3.63) is 0 Å². The number of nitrogens with one attached hydrogen (secondary N) is 2. The third-order valence-electron chi connectivity index (χ3n) is 4.15. The molecule has 1 saturated carbocycles. The van der Waals surface area contributed by atoms with Crippen LogP contribution < -0.4 is 10.6 Å². The minimum atomic E-state index is -1.04. The van der Waals surface area contributed by atoms with Crippen LogP contribution in [0.3, 0.4) is 0 Å². The third-order valence-corrected chi connectivity index (χ3v) is 4.15. The third kappa shape index (κ3) is 3.00. The van der Waals surface area contributed by atoms with Crippen molar-refractivity contribution in [2.75, 3.05) is 13.2 Å². The first-order valence-electron chi connectivity index (χ1n) is 6.85. The lowest BCUT2D eigenvalue weighted by molar-refractivity contribution is -0.148. The summed E-state index contributed by atoms with van der Waals surface area (Å²) in [6, 6.07) is -0.515. The fourth-order valence-electron chi connectivity index (χ4n) is 2.57. The molecular formula is C13H22N2O4. The number of carboxylic acid groups (broad SMARTS) is 1. The number of carbonyl (C=O) groups is 2. The predicted octanol–water partition coefficient (Wildman–Crippen LogP) is 0.964. The molecule has 0 aromatic rings. The lowest BCUT2D eigenvalue weighted by Crippen LogP contribution is -2.52. The number of aliphatic carboxylic acids is 1. The minimum absolute atomic E-state index is 0.134. The molecule has 2 fully saturated rings. The van der Waals surface area contributed by atoms with E-state index in [9.17, 15) is 14.7 Å². The first-order valence-corrected chi connectivity index (χ1v) is 6.85. The molecule has 19 heavy (non-hydrogen) atoms. The van der Waals surface area contributed by atoms with E-state index >= 15 is 0 Å². The Labute approximate surface area is 112 Å². The van der Waals surface area contributed by atoms with Gasteiger partial charge in [0.25, 0.3) is 0 Å². The van der Waals surface area contributed by atoms with Crippen molar-refractivity contribution < 1.29 is 19.4 Å². The number of urea groups is 1. The van der Waals surface area contributed by atoms with E-state index in [1.807, 2.05) is 0 Å².